The molecule has 1 aromatic heterocycles. The van der Waals surface area contributed by atoms with E-state index in [1.807, 2.05) is 6.92 Å². The number of hydrogen-bond acceptors (Lipinski definition) is 2. The normalized spacial score (nSPS) is 10.1. The number of aromatic nitrogens is 2. The zero-order valence-electron chi connectivity index (χ0n) is 6.47. The first-order chi connectivity index (χ1) is 5.16. The van der Waals surface area contributed by atoms with E-state index >= 15 is 0 Å². The summed E-state index contributed by atoms with van der Waals surface area (Å²) in [6.45, 7) is 4.14. The molecule has 0 fully saturated rings. The standard InChI is InChI=1S/C7H9ClN2O/c1-3-10-7(11)5(2)6(8)4-9-10/h4H,3H2,1-2H3. The van der Waals surface area contributed by atoms with Crippen molar-refractivity contribution in [3.8, 4) is 0 Å². The van der Waals surface area contributed by atoms with Crippen LogP contribution in [0, 0.1) is 6.92 Å². The number of hydrogen-bond donors (Lipinski definition) is 0. The Balaban J connectivity index is 3.37. The van der Waals surface area contributed by atoms with E-state index in [1.54, 1.807) is 6.92 Å². The maximum atomic E-state index is 11.2. The van der Waals surface area contributed by atoms with Crippen molar-refractivity contribution in [3.05, 3.63) is 27.1 Å². The molecule has 0 unspecified atom stereocenters. The lowest BCUT2D eigenvalue weighted by Gasteiger charge is -2.01. The van der Waals surface area contributed by atoms with Crippen LogP contribution in [0.2, 0.25) is 5.02 Å². The van der Waals surface area contributed by atoms with Gasteiger partial charge < -0.3 is 0 Å². The summed E-state index contributed by atoms with van der Waals surface area (Å²) in [5.74, 6) is 0. The summed E-state index contributed by atoms with van der Waals surface area (Å²) in [6.07, 6.45) is 1.49. The molecule has 0 amide bonds. The van der Waals surface area contributed by atoms with Crippen molar-refractivity contribution in [2.75, 3.05) is 0 Å². The Hall–Kier alpha value is -0.830. The van der Waals surface area contributed by atoms with E-state index in [4.69, 9.17) is 11.6 Å². The Kier molecular flexibility index (Phi) is 2.29. The molecule has 0 aromatic carbocycles. The van der Waals surface area contributed by atoms with E-state index in [1.165, 1.54) is 10.9 Å². The average molecular weight is 173 g/mol. The zero-order valence-corrected chi connectivity index (χ0v) is 7.22. The summed E-state index contributed by atoms with van der Waals surface area (Å²) in [5.41, 5.74) is 0.448. The topological polar surface area (TPSA) is 34.9 Å². The Labute approximate surface area is 69.6 Å². The van der Waals surface area contributed by atoms with Crippen LogP contribution in [0.5, 0.6) is 0 Å². The van der Waals surface area contributed by atoms with Gasteiger partial charge in [0, 0.05) is 12.1 Å². The first-order valence-corrected chi connectivity index (χ1v) is 3.76. The van der Waals surface area contributed by atoms with E-state index in [2.05, 4.69) is 5.10 Å². The number of nitrogens with zero attached hydrogens (tertiary/aromatic N) is 2. The summed E-state index contributed by atoms with van der Waals surface area (Å²) in [4.78, 5) is 11.2. The lowest BCUT2D eigenvalue weighted by Crippen LogP contribution is -2.23. The van der Waals surface area contributed by atoms with Gasteiger partial charge in [0.05, 0.1) is 11.2 Å². The van der Waals surface area contributed by atoms with Crippen molar-refractivity contribution in [2.24, 2.45) is 0 Å². The van der Waals surface area contributed by atoms with Gasteiger partial charge in [-0.15, -0.1) is 0 Å². The van der Waals surface area contributed by atoms with Crippen LogP contribution in [0.3, 0.4) is 0 Å². The van der Waals surface area contributed by atoms with Crippen LogP contribution < -0.4 is 5.56 Å². The van der Waals surface area contributed by atoms with Gasteiger partial charge >= 0.3 is 0 Å². The van der Waals surface area contributed by atoms with Gasteiger partial charge in [0.15, 0.2) is 0 Å². The summed E-state index contributed by atoms with van der Waals surface area (Å²) >= 11 is 5.67. The van der Waals surface area contributed by atoms with Gasteiger partial charge in [0.1, 0.15) is 0 Å². The SMILES string of the molecule is CCn1ncc(Cl)c(C)c1=O. The summed E-state index contributed by atoms with van der Waals surface area (Å²) in [5, 5.41) is 4.26. The average Bonchev–Trinajstić information content (AvgIpc) is 2.01. The molecule has 1 rings (SSSR count). The highest BCUT2D eigenvalue weighted by Gasteiger charge is 2.02. The highest BCUT2D eigenvalue weighted by Crippen LogP contribution is 2.06. The molecule has 60 valence electrons. The minimum Gasteiger partial charge on any atom is -0.267 e. The zero-order chi connectivity index (χ0) is 8.43. The van der Waals surface area contributed by atoms with Gasteiger partial charge in [-0.1, -0.05) is 11.6 Å². The second kappa shape index (κ2) is 3.05. The van der Waals surface area contributed by atoms with Crippen LogP contribution in [0.25, 0.3) is 0 Å². The van der Waals surface area contributed by atoms with Gasteiger partial charge in [-0.2, -0.15) is 5.10 Å². The molecule has 0 spiro atoms. The van der Waals surface area contributed by atoms with Gasteiger partial charge in [-0.3, -0.25) is 4.79 Å². The predicted molar refractivity (Wildman–Crippen MR) is 43.9 cm³/mol. The van der Waals surface area contributed by atoms with Crippen LogP contribution in [0.15, 0.2) is 11.0 Å². The molecule has 11 heavy (non-hydrogen) atoms. The monoisotopic (exact) mass is 172 g/mol. The quantitative estimate of drug-likeness (QED) is 0.639. The van der Waals surface area contributed by atoms with Crippen LogP contribution in [0.1, 0.15) is 12.5 Å². The first kappa shape index (κ1) is 8.27. The summed E-state index contributed by atoms with van der Waals surface area (Å²) in [7, 11) is 0. The molecular formula is C7H9ClN2O. The Morgan fingerprint density at radius 1 is 1.73 bits per heavy atom. The fraction of sp³-hybridized carbons (Fsp3) is 0.429. The molecule has 0 saturated carbocycles. The number of halogens is 1. The molecule has 1 heterocycles. The van der Waals surface area contributed by atoms with Gasteiger partial charge in [0.25, 0.3) is 5.56 Å². The largest absolute Gasteiger partial charge is 0.271 e. The van der Waals surface area contributed by atoms with E-state index in [9.17, 15) is 4.79 Å². The van der Waals surface area contributed by atoms with Crippen molar-refractivity contribution in [2.45, 2.75) is 20.4 Å². The van der Waals surface area contributed by atoms with Crippen LogP contribution >= 0.6 is 11.6 Å². The van der Waals surface area contributed by atoms with Crippen LogP contribution in [0.4, 0.5) is 0 Å². The maximum absolute atomic E-state index is 11.2. The Morgan fingerprint density at radius 3 is 2.91 bits per heavy atom. The lowest BCUT2D eigenvalue weighted by atomic mass is 10.3. The van der Waals surface area contributed by atoms with E-state index < -0.39 is 0 Å². The third kappa shape index (κ3) is 1.43. The fourth-order valence-corrected chi connectivity index (χ4v) is 0.915. The highest BCUT2D eigenvalue weighted by atomic mass is 35.5. The third-order valence-electron chi connectivity index (χ3n) is 1.52. The van der Waals surface area contributed by atoms with Crippen molar-refractivity contribution < 1.29 is 0 Å². The van der Waals surface area contributed by atoms with Crippen molar-refractivity contribution in [3.63, 3.8) is 0 Å². The second-order valence-corrected chi connectivity index (χ2v) is 2.65. The molecule has 0 saturated heterocycles. The molecule has 0 aliphatic carbocycles. The van der Waals surface area contributed by atoms with Gasteiger partial charge in [-0.25, -0.2) is 4.68 Å². The minimum absolute atomic E-state index is 0.111. The summed E-state index contributed by atoms with van der Waals surface area (Å²) in [6, 6.07) is 0. The molecule has 0 N–H and O–H groups in total. The van der Waals surface area contributed by atoms with Crippen molar-refractivity contribution >= 4 is 11.6 Å². The maximum Gasteiger partial charge on any atom is 0.271 e. The molecule has 4 heteroatoms. The third-order valence-corrected chi connectivity index (χ3v) is 1.90. The van der Waals surface area contributed by atoms with E-state index in [0.29, 0.717) is 17.1 Å². The fourth-order valence-electron chi connectivity index (χ4n) is 0.791. The van der Waals surface area contributed by atoms with Gasteiger partial charge in [-0.05, 0) is 13.8 Å². The smallest absolute Gasteiger partial charge is 0.267 e. The van der Waals surface area contributed by atoms with Gasteiger partial charge in [0.2, 0.25) is 0 Å². The Morgan fingerprint density at radius 2 is 2.36 bits per heavy atom. The molecule has 0 radical (unpaired) electrons. The second-order valence-electron chi connectivity index (χ2n) is 2.24. The van der Waals surface area contributed by atoms with Crippen molar-refractivity contribution in [1.82, 2.24) is 9.78 Å². The van der Waals surface area contributed by atoms with Crippen LogP contribution in [-0.2, 0) is 6.54 Å². The number of rotatable bonds is 1. The highest BCUT2D eigenvalue weighted by molar-refractivity contribution is 6.31. The predicted octanol–water partition coefficient (Wildman–Crippen LogP) is 1.23. The molecule has 3 nitrogen and oxygen atoms in total. The molecule has 1 aromatic rings. The number of aryl methyl sites for hydroxylation is 1. The molecule has 0 aliphatic heterocycles. The Bertz CT molecular complexity index is 319. The first-order valence-electron chi connectivity index (χ1n) is 3.39. The lowest BCUT2D eigenvalue weighted by molar-refractivity contribution is 0.611. The van der Waals surface area contributed by atoms with E-state index in [0.717, 1.165) is 0 Å². The minimum atomic E-state index is -0.111. The summed E-state index contributed by atoms with van der Waals surface area (Å²) < 4.78 is 1.38. The van der Waals surface area contributed by atoms with Crippen LogP contribution in [-0.4, -0.2) is 9.78 Å². The molecular weight excluding hydrogens is 164 g/mol. The molecule has 0 atom stereocenters. The molecule has 0 bridgehead atoms. The van der Waals surface area contributed by atoms with Crippen molar-refractivity contribution in [1.29, 1.82) is 0 Å². The van der Waals surface area contributed by atoms with E-state index in [-0.39, 0.29) is 5.56 Å². The molecule has 0 aliphatic rings.